The molecule has 12 heavy (non-hydrogen) atoms. The van der Waals surface area contributed by atoms with Gasteiger partial charge in [0.25, 0.3) is 0 Å². The minimum Gasteiger partial charge on any atom is -0.451 e. The lowest BCUT2D eigenvalue weighted by Gasteiger charge is -2.02. The lowest BCUT2D eigenvalue weighted by Crippen LogP contribution is -1.95. The van der Waals surface area contributed by atoms with E-state index in [2.05, 4.69) is 15.9 Å². The number of rotatable bonds is 2. The van der Waals surface area contributed by atoms with Crippen LogP contribution < -0.4 is 0 Å². The van der Waals surface area contributed by atoms with Crippen molar-refractivity contribution in [1.82, 2.24) is 0 Å². The van der Waals surface area contributed by atoms with Crippen LogP contribution in [0.4, 0.5) is 0 Å². The van der Waals surface area contributed by atoms with Crippen LogP contribution in [-0.2, 0) is 0 Å². The Balaban J connectivity index is 2.88. The molecule has 1 heterocycles. The smallest absolute Gasteiger partial charge is 0.169 e. The highest BCUT2D eigenvalue weighted by Crippen LogP contribution is 2.26. The van der Waals surface area contributed by atoms with Crippen molar-refractivity contribution in [3.63, 3.8) is 0 Å². The van der Waals surface area contributed by atoms with Gasteiger partial charge in [-0.3, -0.25) is 0 Å². The Morgan fingerprint density at radius 1 is 1.83 bits per heavy atom. The quantitative estimate of drug-likeness (QED) is 0.847. The Hall–Kier alpha value is -0.790. The first-order valence-corrected chi connectivity index (χ1v) is 4.25. The third-order valence-electron chi connectivity index (χ3n) is 1.51. The molecule has 1 N–H and O–H groups in total. The molecule has 0 saturated carbocycles. The summed E-state index contributed by atoms with van der Waals surface area (Å²) < 4.78 is 5.72. The van der Waals surface area contributed by atoms with Gasteiger partial charge in [0.05, 0.1) is 12.5 Å². The van der Waals surface area contributed by atoms with Gasteiger partial charge in [0.1, 0.15) is 11.9 Å². The van der Waals surface area contributed by atoms with Crippen molar-refractivity contribution in [3.8, 4) is 6.07 Å². The van der Waals surface area contributed by atoms with Gasteiger partial charge in [0.2, 0.25) is 0 Å². The number of aliphatic hydroxyl groups excluding tert-OH is 1. The van der Waals surface area contributed by atoms with Crippen LogP contribution in [0.5, 0.6) is 0 Å². The summed E-state index contributed by atoms with van der Waals surface area (Å²) in [6.07, 6.45) is -0.762. The van der Waals surface area contributed by atoms with E-state index in [1.165, 1.54) is 0 Å². The Kier molecular flexibility index (Phi) is 2.90. The third-order valence-corrected chi connectivity index (χ3v) is 1.90. The van der Waals surface area contributed by atoms with Gasteiger partial charge in [-0.05, 0) is 34.5 Å². The Morgan fingerprint density at radius 3 is 2.92 bits per heavy atom. The number of aliphatic hydroxyl groups is 1. The average molecular weight is 230 g/mol. The van der Waals surface area contributed by atoms with Gasteiger partial charge >= 0.3 is 0 Å². The summed E-state index contributed by atoms with van der Waals surface area (Å²) >= 11 is 3.14. The fraction of sp³-hybridized carbons (Fsp3) is 0.375. The summed E-state index contributed by atoms with van der Waals surface area (Å²) in [6.45, 7) is 1.82. The highest BCUT2D eigenvalue weighted by molar-refractivity contribution is 9.10. The second kappa shape index (κ2) is 3.74. The van der Waals surface area contributed by atoms with Crippen LogP contribution in [0.2, 0.25) is 0 Å². The van der Waals surface area contributed by atoms with E-state index in [0.29, 0.717) is 10.4 Å². The first-order valence-electron chi connectivity index (χ1n) is 3.46. The lowest BCUT2D eigenvalue weighted by molar-refractivity contribution is 0.152. The SMILES string of the molecule is Cc1cc(Br)oc1C(O)CC#N. The van der Waals surface area contributed by atoms with Crippen molar-refractivity contribution >= 4 is 15.9 Å². The van der Waals surface area contributed by atoms with Gasteiger partial charge < -0.3 is 9.52 Å². The fourth-order valence-electron chi connectivity index (χ4n) is 0.966. The summed E-state index contributed by atoms with van der Waals surface area (Å²) in [6, 6.07) is 3.64. The maximum atomic E-state index is 9.38. The minimum absolute atomic E-state index is 0.0563. The molecule has 0 aliphatic carbocycles. The number of hydrogen-bond donors (Lipinski definition) is 1. The van der Waals surface area contributed by atoms with Crippen molar-refractivity contribution in [1.29, 1.82) is 5.26 Å². The minimum atomic E-state index is -0.818. The molecule has 0 amide bonds. The van der Waals surface area contributed by atoms with Crippen LogP contribution >= 0.6 is 15.9 Å². The van der Waals surface area contributed by atoms with Crippen LogP contribution in [0.1, 0.15) is 23.8 Å². The van der Waals surface area contributed by atoms with E-state index in [9.17, 15) is 5.11 Å². The molecule has 4 heteroatoms. The third kappa shape index (κ3) is 1.87. The number of aryl methyl sites for hydroxylation is 1. The number of furan rings is 1. The molecule has 1 aromatic rings. The lowest BCUT2D eigenvalue weighted by atomic mass is 10.1. The van der Waals surface area contributed by atoms with Crippen molar-refractivity contribution in [2.24, 2.45) is 0 Å². The number of nitriles is 1. The van der Waals surface area contributed by atoms with E-state index in [-0.39, 0.29) is 6.42 Å². The normalized spacial score (nSPS) is 12.5. The highest BCUT2D eigenvalue weighted by atomic mass is 79.9. The maximum Gasteiger partial charge on any atom is 0.169 e. The first-order chi connectivity index (χ1) is 5.65. The van der Waals surface area contributed by atoms with Gasteiger partial charge in [-0.15, -0.1) is 0 Å². The van der Waals surface area contributed by atoms with Crippen LogP contribution in [0.3, 0.4) is 0 Å². The molecule has 0 saturated heterocycles. The maximum absolute atomic E-state index is 9.38. The standard InChI is InChI=1S/C8H8BrNO2/c1-5-4-7(9)12-8(5)6(11)2-3-10/h4,6,11H,2H2,1H3. The number of nitrogens with zero attached hydrogens (tertiary/aromatic N) is 1. The molecule has 1 rings (SSSR count). The summed E-state index contributed by atoms with van der Waals surface area (Å²) in [4.78, 5) is 0. The van der Waals surface area contributed by atoms with E-state index in [0.717, 1.165) is 5.56 Å². The Labute approximate surface area is 78.7 Å². The topological polar surface area (TPSA) is 57.2 Å². The molecule has 1 unspecified atom stereocenters. The van der Waals surface area contributed by atoms with Gasteiger partial charge in [-0.1, -0.05) is 0 Å². The largest absolute Gasteiger partial charge is 0.451 e. The summed E-state index contributed by atoms with van der Waals surface area (Å²) in [7, 11) is 0. The van der Waals surface area contributed by atoms with Crippen LogP contribution in [0, 0.1) is 18.3 Å². The van der Waals surface area contributed by atoms with E-state index in [4.69, 9.17) is 9.68 Å². The Morgan fingerprint density at radius 2 is 2.50 bits per heavy atom. The predicted octanol–water partition coefficient (Wildman–Crippen LogP) is 2.30. The molecular weight excluding hydrogens is 222 g/mol. The molecule has 64 valence electrons. The van der Waals surface area contributed by atoms with Gasteiger partial charge in [-0.2, -0.15) is 5.26 Å². The van der Waals surface area contributed by atoms with E-state index in [1.807, 2.05) is 13.0 Å². The number of hydrogen-bond acceptors (Lipinski definition) is 3. The van der Waals surface area contributed by atoms with Crippen LogP contribution in [-0.4, -0.2) is 5.11 Å². The molecule has 0 bridgehead atoms. The van der Waals surface area contributed by atoms with Crippen molar-refractivity contribution in [2.75, 3.05) is 0 Å². The monoisotopic (exact) mass is 229 g/mol. The zero-order chi connectivity index (χ0) is 9.14. The van der Waals surface area contributed by atoms with Crippen molar-refractivity contribution in [3.05, 3.63) is 22.1 Å². The van der Waals surface area contributed by atoms with Crippen molar-refractivity contribution < 1.29 is 9.52 Å². The van der Waals surface area contributed by atoms with E-state index >= 15 is 0 Å². The zero-order valence-electron chi connectivity index (χ0n) is 6.54. The summed E-state index contributed by atoms with van der Waals surface area (Å²) in [5.41, 5.74) is 0.852. The molecule has 0 aliphatic rings. The number of halogens is 1. The second-order valence-corrected chi connectivity index (χ2v) is 3.26. The first kappa shape index (κ1) is 9.30. The summed E-state index contributed by atoms with van der Waals surface area (Å²) in [5.74, 6) is 0.462. The van der Waals surface area contributed by atoms with Crippen LogP contribution in [0.15, 0.2) is 15.2 Å². The molecule has 0 radical (unpaired) electrons. The van der Waals surface area contributed by atoms with Gasteiger partial charge in [0, 0.05) is 0 Å². The Bertz CT molecular complexity index is 313. The molecule has 0 aromatic carbocycles. The summed E-state index contributed by atoms with van der Waals surface area (Å²) in [5, 5.41) is 17.7. The molecule has 0 fully saturated rings. The van der Waals surface area contributed by atoms with E-state index < -0.39 is 6.10 Å². The van der Waals surface area contributed by atoms with Gasteiger partial charge in [0.15, 0.2) is 4.67 Å². The van der Waals surface area contributed by atoms with Crippen LogP contribution in [0.25, 0.3) is 0 Å². The molecule has 0 aliphatic heterocycles. The second-order valence-electron chi connectivity index (χ2n) is 2.48. The predicted molar refractivity (Wildman–Crippen MR) is 46.3 cm³/mol. The molecule has 3 nitrogen and oxygen atoms in total. The van der Waals surface area contributed by atoms with Gasteiger partial charge in [-0.25, -0.2) is 0 Å². The van der Waals surface area contributed by atoms with E-state index in [1.54, 1.807) is 6.07 Å². The highest BCUT2D eigenvalue weighted by Gasteiger charge is 2.14. The molecular formula is C8H8BrNO2. The zero-order valence-corrected chi connectivity index (χ0v) is 8.13. The average Bonchev–Trinajstić information content (AvgIpc) is 2.30. The molecule has 1 atom stereocenters. The fourth-order valence-corrected chi connectivity index (χ4v) is 1.48. The van der Waals surface area contributed by atoms with Crippen molar-refractivity contribution in [2.45, 2.75) is 19.4 Å². The molecule has 0 spiro atoms. The molecule has 1 aromatic heterocycles.